The Bertz CT molecular complexity index is 354. The number of hydrogen-bond donors (Lipinski definition) is 1. The van der Waals surface area contributed by atoms with Crippen molar-refractivity contribution in [2.24, 2.45) is 5.73 Å². The van der Waals surface area contributed by atoms with E-state index in [-0.39, 0.29) is 0 Å². The number of likely N-dealkylation sites (tertiary alicyclic amines) is 1. The van der Waals surface area contributed by atoms with E-state index < -0.39 is 0 Å². The Kier molecular flexibility index (Phi) is 3.85. The molecule has 1 aromatic rings. The molecule has 1 fully saturated rings. The van der Waals surface area contributed by atoms with Gasteiger partial charge in [-0.2, -0.15) is 0 Å². The zero-order valence-corrected chi connectivity index (χ0v) is 10.5. The van der Waals surface area contributed by atoms with Gasteiger partial charge in [0, 0.05) is 24.2 Å². The van der Waals surface area contributed by atoms with Gasteiger partial charge >= 0.3 is 0 Å². The molecule has 1 aromatic carbocycles. The van der Waals surface area contributed by atoms with E-state index in [4.69, 9.17) is 17.3 Å². The second-order valence-corrected chi connectivity index (χ2v) is 5.20. The predicted molar refractivity (Wildman–Crippen MR) is 68.9 cm³/mol. The van der Waals surface area contributed by atoms with Crippen molar-refractivity contribution in [2.75, 3.05) is 19.6 Å². The third kappa shape index (κ3) is 2.97. The maximum atomic E-state index is 6.00. The normalized spacial score (nSPS) is 23.6. The average Bonchev–Trinajstić information content (AvgIpc) is 2.64. The number of benzene rings is 1. The van der Waals surface area contributed by atoms with Crippen LogP contribution in [0, 0.1) is 0 Å². The molecule has 1 heterocycles. The smallest absolute Gasteiger partial charge is 0.0408 e. The first-order chi connectivity index (χ1) is 7.65. The van der Waals surface area contributed by atoms with Crippen molar-refractivity contribution in [3.05, 3.63) is 34.9 Å². The van der Waals surface area contributed by atoms with E-state index in [1.165, 1.54) is 5.56 Å². The summed E-state index contributed by atoms with van der Waals surface area (Å²) in [6, 6.07) is 8.51. The molecule has 2 atom stereocenters. The van der Waals surface area contributed by atoms with Crippen molar-refractivity contribution >= 4 is 11.6 Å². The van der Waals surface area contributed by atoms with Crippen LogP contribution < -0.4 is 5.73 Å². The highest BCUT2D eigenvalue weighted by Gasteiger charge is 2.20. The van der Waals surface area contributed by atoms with Crippen molar-refractivity contribution in [3.63, 3.8) is 0 Å². The topological polar surface area (TPSA) is 29.3 Å². The quantitative estimate of drug-likeness (QED) is 0.877. The van der Waals surface area contributed by atoms with Gasteiger partial charge in [-0.25, -0.2) is 0 Å². The molecular weight excluding hydrogens is 220 g/mol. The first-order valence-electron chi connectivity index (χ1n) is 5.88. The summed E-state index contributed by atoms with van der Waals surface area (Å²) in [6.45, 7) is 5.49. The monoisotopic (exact) mass is 238 g/mol. The van der Waals surface area contributed by atoms with Gasteiger partial charge in [0.05, 0.1) is 0 Å². The van der Waals surface area contributed by atoms with E-state index >= 15 is 0 Å². The standard InChI is InChI=1S/C13H19ClN2/c1-10(8-16-6-5-13(15)9-16)11-3-2-4-12(14)7-11/h2-4,7,10,13H,5-6,8-9,15H2,1H3/t10?,13-/m1/s1. The summed E-state index contributed by atoms with van der Waals surface area (Å²) < 4.78 is 0. The van der Waals surface area contributed by atoms with Crippen LogP contribution in [-0.2, 0) is 0 Å². The summed E-state index contributed by atoms with van der Waals surface area (Å²) in [5.41, 5.74) is 7.21. The fourth-order valence-corrected chi connectivity index (χ4v) is 2.53. The number of hydrogen-bond acceptors (Lipinski definition) is 2. The van der Waals surface area contributed by atoms with Crippen molar-refractivity contribution in [3.8, 4) is 0 Å². The summed E-state index contributed by atoms with van der Waals surface area (Å²) in [6.07, 6.45) is 1.13. The molecule has 1 saturated heterocycles. The zero-order chi connectivity index (χ0) is 11.5. The molecular formula is C13H19ClN2. The summed E-state index contributed by atoms with van der Waals surface area (Å²) in [5, 5.41) is 0.822. The lowest BCUT2D eigenvalue weighted by molar-refractivity contribution is 0.317. The minimum Gasteiger partial charge on any atom is -0.326 e. The maximum absolute atomic E-state index is 6.00. The van der Waals surface area contributed by atoms with E-state index in [0.717, 1.165) is 31.1 Å². The molecule has 2 rings (SSSR count). The molecule has 2 N–H and O–H groups in total. The van der Waals surface area contributed by atoms with Gasteiger partial charge in [0.15, 0.2) is 0 Å². The van der Waals surface area contributed by atoms with Gasteiger partial charge < -0.3 is 10.6 Å². The van der Waals surface area contributed by atoms with Crippen molar-refractivity contribution in [1.82, 2.24) is 4.90 Å². The Hall–Kier alpha value is -0.570. The second kappa shape index (κ2) is 5.17. The molecule has 0 saturated carbocycles. The molecule has 1 aliphatic rings. The molecule has 0 aliphatic carbocycles. The van der Waals surface area contributed by atoms with Crippen LogP contribution >= 0.6 is 11.6 Å². The Balaban J connectivity index is 1.95. The molecule has 0 aromatic heterocycles. The Morgan fingerprint density at radius 3 is 3.00 bits per heavy atom. The van der Waals surface area contributed by atoms with E-state index in [2.05, 4.69) is 24.0 Å². The van der Waals surface area contributed by atoms with Crippen LogP contribution in [0.4, 0.5) is 0 Å². The Morgan fingerprint density at radius 1 is 1.56 bits per heavy atom. The van der Waals surface area contributed by atoms with Gasteiger partial charge in [0.1, 0.15) is 0 Å². The van der Waals surface area contributed by atoms with Crippen LogP contribution in [0.2, 0.25) is 5.02 Å². The van der Waals surface area contributed by atoms with Gasteiger partial charge in [-0.1, -0.05) is 30.7 Å². The molecule has 3 heteroatoms. The molecule has 0 amide bonds. The second-order valence-electron chi connectivity index (χ2n) is 4.76. The molecule has 88 valence electrons. The van der Waals surface area contributed by atoms with Gasteiger partial charge in [-0.15, -0.1) is 0 Å². The maximum Gasteiger partial charge on any atom is 0.0408 e. The van der Waals surface area contributed by atoms with E-state index in [1.807, 2.05) is 12.1 Å². The van der Waals surface area contributed by atoms with Crippen LogP contribution in [0.25, 0.3) is 0 Å². The first-order valence-corrected chi connectivity index (χ1v) is 6.26. The predicted octanol–water partition coefficient (Wildman–Crippen LogP) is 2.48. The third-order valence-electron chi connectivity index (χ3n) is 3.26. The van der Waals surface area contributed by atoms with E-state index in [0.29, 0.717) is 12.0 Å². The van der Waals surface area contributed by atoms with E-state index in [1.54, 1.807) is 0 Å². The number of halogens is 1. The van der Waals surface area contributed by atoms with Gasteiger partial charge in [0.25, 0.3) is 0 Å². The minimum absolute atomic E-state index is 0.367. The Labute approximate surface area is 102 Å². The number of nitrogens with zero attached hydrogens (tertiary/aromatic N) is 1. The van der Waals surface area contributed by atoms with Crippen molar-refractivity contribution < 1.29 is 0 Å². The lowest BCUT2D eigenvalue weighted by Gasteiger charge is -2.20. The average molecular weight is 239 g/mol. The fraction of sp³-hybridized carbons (Fsp3) is 0.538. The lowest BCUT2D eigenvalue weighted by atomic mass is 10.0. The third-order valence-corrected chi connectivity index (χ3v) is 3.49. The summed E-state index contributed by atoms with van der Waals surface area (Å²) in [4.78, 5) is 2.44. The van der Waals surface area contributed by atoms with Crippen LogP contribution in [0.3, 0.4) is 0 Å². The first kappa shape index (κ1) is 11.9. The summed E-state index contributed by atoms with van der Waals surface area (Å²) in [7, 11) is 0. The number of nitrogens with two attached hydrogens (primary N) is 1. The highest BCUT2D eigenvalue weighted by molar-refractivity contribution is 6.30. The van der Waals surface area contributed by atoms with Gasteiger partial charge in [-0.3, -0.25) is 0 Å². The van der Waals surface area contributed by atoms with Gasteiger partial charge in [0.2, 0.25) is 0 Å². The minimum atomic E-state index is 0.367. The van der Waals surface area contributed by atoms with Crippen LogP contribution in [0.15, 0.2) is 24.3 Å². The lowest BCUT2D eigenvalue weighted by Crippen LogP contribution is -2.29. The van der Waals surface area contributed by atoms with Crippen LogP contribution in [0.1, 0.15) is 24.8 Å². The highest BCUT2D eigenvalue weighted by atomic mass is 35.5. The van der Waals surface area contributed by atoms with Gasteiger partial charge in [-0.05, 0) is 36.6 Å². The van der Waals surface area contributed by atoms with E-state index in [9.17, 15) is 0 Å². The molecule has 1 unspecified atom stereocenters. The van der Waals surface area contributed by atoms with Crippen LogP contribution in [-0.4, -0.2) is 30.6 Å². The summed E-state index contributed by atoms with van der Waals surface area (Å²) >= 11 is 6.00. The van der Waals surface area contributed by atoms with Crippen molar-refractivity contribution in [1.29, 1.82) is 0 Å². The fourth-order valence-electron chi connectivity index (χ4n) is 2.33. The number of rotatable bonds is 3. The molecule has 2 nitrogen and oxygen atoms in total. The highest BCUT2D eigenvalue weighted by Crippen LogP contribution is 2.21. The molecule has 0 radical (unpaired) electrons. The van der Waals surface area contributed by atoms with Crippen molar-refractivity contribution in [2.45, 2.75) is 25.3 Å². The Morgan fingerprint density at radius 2 is 2.38 bits per heavy atom. The largest absolute Gasteiger partial charge is 0.326 e. The zero-order valence-electron chi connectivity index (χ0n) is 9.70. The molecule has 1 aliphatic heterocycles. The van der Waals surface area contributed by atoms with Crippen LogP contribution in [0.5, 0.6) is 0 Å². The molecule has 16 heavy (non-hydrogen) atoms. The summed E-state index contributed by atoms with van der Waals surface area (Å²) in [5.74, 6) is 0.518. The SMILES string of the molecule is CC(CN1CC[C@@H](N)C1)c1cccc(Cl)c1. The molecule has 0 spiro atoms. The molecule has 0 bridgehead atoms.